The SMILES string of the molecule is CCNC(=NCc1ccccc1CN1CC(C)OC(C)C1)NCc1ccccn1. The number of hydrogen-bond acceptors (Lipinski definition) is 4. The third-order valence-electron chi connectivity index (χ3n) is 4.92. The molecule has 2 aromatic rings. The highest BCUT2D eigenvalue weighted by Crippen LogP contribution is 2.17. The lowest BCUT2D eigenvalue weighted by Gasteiger charge is -2.35. The number of ether oxygens (including phenoxy) is 1. The van der Waals surface area contributed by atoms with Crippen molar-refractivity contribution in [1.82, 2.24) is 20.5 Å². The topological polar surface area (TPSA) is 61.8 Å². The van der Waals surface area contributed by atoms with E-state index in [1.54, 1.807) is 0 Å². The normalized spacial score (nSPS) is 20.4. The molecule has 6 heteroatoms. The fourth-order valence-corrected chi connectivity index (χ4v) is 3.70. The molecule has 0 saturated carbocycles. The lowest BCUT2D eigenvalue weighted by molar-refractivity contribution is -0.0705. The van der Waals surface area contributed by atoms with Crippen molar-refractivity contribution in [2.24, 2.45) is 4.99 Å². The molecule has 2 heterocycles. The first-order valence-electron chi connectivity index (χ1n) is 10.5. The smallest absolute Gasteiger partial charge is 0.191 e. The number of hydrogen-bond donors (Lipinski definition) is 2. The predicted molar refractivity (Wildman–Crippen MR) is 118 cm³/mol. The third-order valence-corrected chi connectivity index (χ3v) is 4.92. The summed E-state index contributed by atoms with van der Waals surface area (Å²) in [6.45, 7) is 11.4. The summed E-state index contributed by atoms with van der Waals surface area (Å²) < 4.78 is 5.87. The number of morpholine rings is 1. The first-order valence-corrected chi connectivity index (χ1v) is 10.5. The maximum absolute atomic E-state index is 5.87. The molecule has 2 atom stereocenters. The van der Waals surface area contributed by atoms with Crippen molar-refractivity contribution in [3.63, 3.8) is 0 Å². The summed E-state index contributed by atoms with van der Waals surface area (Å²) in [5.41, 5.74) is 3.58. The lowest BCUT2D eigenvalue weighted by atomic mass is 10.1. The fraction of sp³-hybridized carbons (Fsp3) is 0.478. The molecule has 1 aliphatic rings. The molecule has 29 heavy (non-hydrogen) atoms. The minimum Gasteiger partial charge on any atom is -0.373 e. The molecular formula is C23H33N5O. The predicted octanol–water partition coefficient (Wildman–Crippen LogP) is 2.95. The standard InChI is InChI=1S/C23H33N5O/c1-4-24-23(27-14-22-11-7-8-12-25-22)26-13-20-9-5-6-10-21(20)17-28-15-18(2)29-19(3)16-28/h5-12,18-19H,4,13-17H2,1-3H3,(H2,24,26,27). The molecule has 2 N–H and O–H groups in total. The molecule has 0 aliphatic carbocycles. The minimum atomic E-state index is 0.278. The van der Waals surface area contributed by atoms with Gasteiger partial charge in [-0.2, -0.15) is 0 Å². The Bertz CT molecular complexity index is 770. The van der Waals surface area contributed by atoms with Crippen molar-refractivity contribution in [1.29, 1.82) is 0 Å². The van der Waals surface area contributed by atoms with Crippen molar-refractivity contribution in [3.8, 4) is 0 Å². The molecule has 2 unspecified atom stereocenters. The van der Waals surface area contributed by atoms with Gasteiger partial charge in [0.15, 0.2) is 5.96 Å². The second-order valence-electron chi connectivity index (χ2n) is 7.59. The Balaban J connectivity index is 1.64. The lowest BCUT2D eigenvalue weighted by Crippen LogP contribution is -2.44. The van der Waals surface area contributed by atoms with E-state index in [1.165, 1.54) is 11.1 Å². The maximum Gasteiger partial charge on any atom is 0.191 e. The average Bonchev–Trinajstić information content (AvgIpc) is 2.71. The van der Waals surface area contributed by atoms with E-state index in [2.05, 4.69) is 65.6 Å². The summed E-state index contributed by atoms with van der Waals surface area (Å²) in [6.07, 6.45) is 2.37. The van der Waals surface area contributed by atoms with Gasteiger partial charge in [-0.25, -0.2) is 4.99 Å². The van der Waals surface area contributed by atoms with Gasteiger partial charge in [0.05, 0.1) is 31.0 Å². The maximum atomic E-state index is 5.87. The molecule has 1 aromatic carbocycles. The summed E-state index contributed by atoms with van der Waals surface area (Å²) in [5.74, 6) is 0.807. The van der Waals surface area contributed by atoms with Gasteiger partial charge in [-0.3, -0.25) is 9.88 Å². The van der Waals surface area contributed by atoms with Crippen LogP contribution in [0.1, 0.15) is 37.6 Å². The van der Waals surface area contributed by atoms with E-state index < -0.39 is 0 Å². The molecule has 156 valence electrons. The van der Waals surface area contributed by atoms with Crippen molar-refractivity contribution in [3.05, 3.63) is 65.5 Å². The van der Waals surface area contributed by atoms with Crippen LogP contribution in [0.25, 0.3) is 0 Å². The molecule has 1 saturated heterocycles. The highest BCUT2D eigenvalue weighted by molar-refractivity contribution is 5.79. The van der Waals surface area contributed by atoms with E-state index in [4.69, 9.17) is 9.73 Å². The van der Waals surface area contributed by atoms with Crippen molar-refractivity contribution in [2.45, 2.75) is 52.6 Å². The Morgan fingerprint density at radius 2 is 1.79 bits per heavy atom. The van der Waals surface area contributed by atoms with Crippen LogP contribution in [0.4, 0.5) is 0 Å². The van der Waals surface area contributed by atoms with Crippen LogP contribution in [0.5, 0.6) is 0 Å². The number of guanidine groups is 1. The Hall–Kier alpha value is -2.44. The Kier molecular flexibility index (Phi) is 8.02. The number of nitrogens with one attached hydrogen (secondary N) is 2. The number of aliphatic imine (C=N–C) groups is 1. The van der Waals surface area contributed by atoms with Crippen LogP contribution in [0, 0.1) is 0 Å². The van der Waals surface area contributed by atoms with Crippen LogP contribution in [-0.4, -0.2) is 47.7 Å². The van der Waals surface area contributed by atoms with Crippen LogP contribution in [0.15, 0.2) is 53.7 Å². The number of benzene rings is 1. The first kappa shape index (κ1) is 21.3. The zero-order valence-corrected chi connectivity index (χ0v) is 17.8. The van der Waals surface area contributed by atoms with Gasteiger partial charge in [0.1, 0.15) is 0 Å². The largest absolute Gasteiger partial charge is 0.373 e. The first-order chi connectivity index (χ1) is 14.1. The Morgan fingerprint density at radius 1 is 1.07 bits per heavy atom. The van der Waals surface area contributed by atoms with Crippen LogP contribution in [0.2, 0.25) is 0 Å². The van der Waals surface area contributed by atoms with E-state index in [0.29, 0.717) is 13.1 Å². The molecule has 0 amide bonds. The summed E-state index contributed by atoms with van der Waals surface area (Å²) in [7, 11) is 0. The molecule has 1 aliphatic heterocycles. The molecule has 0 spiro atoms. The molecule has 1 fully saturated rings. The van der Waals surface area contributed by atoms with Gasteiger partial charge in [0, 0.05) is 32.4 Å². The van der Waals surface area contributed by atoms with Crippen LogP contribution < -0.4 is 10.6 Å². The van der Waals surface area contributed by atoms with Crippen molar-refractivity contribution in [2.75, 3.05) is 19.6 Å². The molecule has 0 radical (unpaired) electrons. The fourth-order valence-electron chi connectivity index (χ4n) is 3.70. The van der Waals surface area contributed by atoms with Gasteiger partial charge in [0.25, 0.3) is 0 Å². The number of rotatable bonds is 7. The molecule has 3 rings (SSSR count). The average molecular weight is 396 g/mol. The van der Waals surface area contributed by atoms with Gasteiger partial charge >= 0.3 is 0 Å². The van der Waals surface area contributed by atoms with Crippen LogP contribution in [0.3, 0.4) is 0 Å². The Morgan fingerprint density at radius 3 is 2.48 bits per heavy atom. The van der Waals surface area contributed by atoms with E-state index in [0.717, 1.165) is 37.8 Å². The summed E-state index contributed by atoms with van der Waals surface area (Å²) >= 11 is 0. The summed E-state index contributed by atoms with van der Waals surface area (Å²) in [4.78, 5) is 11.6. The van der Waals surface area contributed by atoms with Crippen LogP contribution >= 0.6 is 0 Å². The third kappa shape index (κ3) is 6.84. The second kappa shape index (κ2) is 10.9. The van der Waals surface area contributed by atoms with Crippen LogP contribution in [-0.2, 0) is 24.4 Å². The minimum absolute atomic E-state index is 0.278. The van der Waals surface area contributed by atoms with E-state index >= 15 is 0 Å². The highest BCUT2D eigenvalue weighted by atomic mass is 16.5. The van der Waals surface area contributed by atoms with E-state index in [1.807, 2.05) is 24.4 Å². The molecular weight excluding hydrogens is 362 g/mol. The van der Waals surface area contributed by atoms with Gasteiger partial charge in [0.2, 0.25) is 0 Å². The van der Waals surface area contributed by atoms with Gasteiger partial charge in [-0.1, -0.05) is 30.3 Å². The zero-order chi connectivity index (χ0) is 20.5. The van der Waals surface area contributed by atoms with Gasteiger partial charge < -0.3 is 15.4 Å². The number of nitrogens with zero attached hydrogens (tertiary/aromatic N) is 3. The van der Waals surface area contributed by atoms with Gasteiger partial charge in [-0.15, -0.1) is 0 Å². The molecule has 1 aromatic heterocycles. The Labute approximate surface area is 174 Å². The zero-order valence-electron chi connectivity index (χ0n) is 17.8. The number of pyridine rings is 1. The monoisotopic (exact) mass is 395 g/mol. The van der Waals surface area contributed by atoms with E-state index in [9.17, 15) is 0 Å². The summed E-state index contributed by atoms with van der Waals surface area (Å²) in [5, 5.41) is 6.69. The van der Waals surface area contributed by atoms with E-state index in [-0.39, 0.29) is 12.2 Å². The van der Waals surface area contributed by atoms with Gasteiger partial charge in [-0.05, 0) is 44.0 Å². The molecule has 0 bridgehead atoms. The summed E-state index contributed by atoms with van der Waals surface area (Å²) in [6, 6.07) is 14.5. The second-order valence-corrected chi connectivity index (χ2v) is 7.59. The number of aromatic nitrogens is 1. The highest BCUT2D eigenvalue weighted by Gasteiger charge is 2.22. The quantitative estimate of drug-likeness (QED) is 0.558. The van der Waals surface area contributed by atoms with Crippen molar-refractivity contribution >= 4 is 5.96 Å². The van der Waals surface area contributed by atoms with Crippen molar-refractivity contribution < 1.29 is 4.74 Å². The molecule has 6 nitrogen and oxygen atoms in total.